The predicted octanol–water partition coefficient (Wildman–Crippen LogP) is 8.11. The average molecular weight is 905 g/mol. The van der Waals surface area contributed by atoms with Crippen molar-refractivity contribution in [1.82, 2.24) is 41.0 Å². The van der Waals surface area contributed by atoms with Crippen molar-refractivity contribution in [2.24, 2.45) is 0 Å². The number of benzene rings is 4. The van der Waals surface area contributed by atoms with Crippen LogP contribution in [-0.2, 0) is 40.3 Å². The number of rotatable bonds is 22. The molecule has 13 heteroatoms. The standard InChI is InChI=1S/C54H64N8O5/c1-5-43(59-53(65)61(3)35-41-33-31-39-25-13-15-27-45(39)55-41)51(63)57-47(29-17-23-37-19-9-7-10-20-37)49-50(67-49)48(30-18-24-38-21-11-8-12-22-38)58-52(64)44(6-2)60-54(66)62(4)36-42-34-32-40-26-14-16-28-46(40)56-42/h7-16,19-22,25-28,31-34,43-44,47-50H,5-6,17-18,23-24,29-30,35-36H2,1-4H3,(H,57,63)(H,58,64)(H,59,65)(H,60,66)/t43-,44-,47-,48-,49-,50+/m0/s1. The maximum absolute atomic E-state index is 14.1. The molecule has 13 nitrogen and oxygen atoms in total. The van der Waals surface area contributed by atoms with Gasteiger partial charge in [-0.2, -0.15) is 0 Å². The van der Waals surface area contributed by atoms with Crippen molar-refractivity contribution < 1.29 is 23.9 Å². The summed E-state index contributed by atoms with van der Waals surface area (Å²) in [5.41, 5.74) is 5.57. The normalized spacial score (nSPS) is 16.0. The van der Waals surface area contributed by atoms with Gasteiger partial charge < -0.3 is 35.8 Å². The Hall–Kier alpha value is -6.86. The molecule has 0 unspecified atom stereocenters. The first-order chi connectivity index (χ1) is 32.6. The molecule has 0 radical (unpaired) electrons. The molecule has 6 aromatic rings. The van der Waals surface area contributed by atoms with Gasteiger partial charge in [-0.05, 0) is 86.8 Å². The van der Waals surface area contributed by atoms with Crippen LogP contribution >= 0.6 is 0 Å². The molecule has 0 aliphatic carbocycles. The number of urea groups is 2. The number of hydrogen-bond donors (Lipinski definition) is 4. The minimum Gasteiger partial charge on any atom is -0.365 e. The Bertz CT molecular complexity index is 2400. The number of carbonyl (C=O) groups is 4. The molecule has 7 rings (SSSR count). The fourth-order valence-corrected chi connectivity index (χ4v) is 8.58. The molecule has 0 spiro atoms. The van der Waals surface area contributed by atoms with E-state index in [1.165, 1.54) is 20.9 Å². The highest BCUT2D eigenvalue weighted by atomic mass is 16.6. The Labute approximate surface area is 394 Å². The zero-order valence-corrected chi connectivity index (χ0v) is 39.1. The molecular weight excluding hydrogens is 841 g/mol. The Morgan fingerprint density at radius 2 is 0.910 bits per heavy atom. The first-order valence-electron chi connectivity index (χ1n) is 23.6. The number of para-hydroxylation sites is 2. The highest BCUT2D eigenvalue weighted by molar-refractivity contribution is 5.88. The van der Waals surface area contributed by atoms with Crippen molar-refractivity contribution in [1.29, 1.82) is 0 Å². The number of ether oxygens (including phenoxy) is 1. The van der Waals surface area contributed by atoms with E-state index in [-0.39, 0.29) is 61.3 Å². The summed E-state index contributed by atoms with van der Waals surface area (Å²) in [4.78, 5) is 67.8. The van der Waals surface area contributed by atoms with Crippen molar-refractivity contribution in [3.05, 3.63) is 156 Å². The highest BCUT2D eigenvalue weighted by Gasteiger charge is 2.50. The summed E-state index contributed by atoms with van der Waals surface area (Å²) in [6.07, 6.45) is 4.42. The quantitative estimate of drug-likeness (QED) is 0.0501. The molecule has 0 bridgehead atoms. The number of pyridine rings is 2. The van der Waals surface area contributed by atoms with Crippen molar-refractivity contribution in [2.75, 3.05) is 14.1 Å². The maximum Gasteiger partial charge on any atom is 0.318 e. The number of nitrogens with one attached hydrogen (secondary N) is 4. The lowest BCUT2D eigenvalue weighted by Gasteiger charge is -2.26. The van der Waals surface area contributed by atoms with Gasteiger partial charge in [0.2, 0.25) is 11.8 Å². The summed E-state index contributed by atoms with van der Waals surface area (Å²) in [5.74, 6) is -0.595. The third kappa shape index (κ3) is 13.6. The molecule has 3 heterocycles. The van der Waals surface area contributed by atoms with Gasteiger partial charge in [0, 0.05) is 24.9 Å². The van der Waals surface area contributed by atoms with E-state index in [4.69, 9.17) is 14.7 Å². The second-order valence-electron chi connectivity index (χ2n) is 17.6. The topological polar surface area (TPSA) is 161 Å². The van der Waals surface area contributed by atoms with E-state index < -0.39 is 12.1 Å². The molecule has 1 aliphatic heterocycles. The van der Waals surface area contributed by atoms with Crippen LogP contribution in [0.5, 0.6) is 0 Å². The summed E-state index contributed by atoms with van der Waals surface area (Å²) < 4.78 is 6.47. The summed E-state index contributed by atoms with van der Waals surface area (Å²) in [5, 5.41) is 14.5. The summed E-state index contributed by atoms with van der Waals surface area (Å²) >= 11 is 0. The van der Waals surface area contributed by atoms with Crippen LogP contribution in [0.25, 0.3) is 21.8 Å². The average Bonchev–Trinajstić information content (AvgIpc) is 4.15. The van der Waals surface area contributed by atoms with Gasteiger partial charge in [-0.25, -0.2) is 9.59 Å². The lowest BCUT2D eigenvalue weighted by Crippen LogP contribution is -2.54. The minimum absolute atomic E-state index is 0.272. The second kappa shape index (κ2) is 23.5. The first-order valence-corrected chi connectivity index (χ1v) is 23.6. The fourth-order valence-electron chi connectivity index (χ4n) is 8.58. The van der Waals surface area contributed by atoms with Crippen LogP contribution in [0.1, 0.15) is 74.9 Å². The summed E-state index contributed by atoms with van der Waals surface area (Å²) in [7, 11) is 3.38. The lowest BCUT2D eigenvalue weighted by atomic mass is 9.95. The van der Waals surface area contributed by atoms with Crippen LogP contribution in [0.3, 0.4) is 0 Å². The number of fused-ring (bicyclic) bond motifs is 2. The number of nitrogens with zero attached hydrogens (tertiary/aromatic N) is 4. The SMILES string of the molecule is CC[C@H](NC(=O)N(C)Cc1ccc2ccccc2n1)C(=O)N[C@@H](CCCc1ccccc1)[C@@H]1O[C@@H]1[C@H](CCCc1ccccc1)NC(=O)[C@H](CC)NC(=O)N(C)Cc1ccc2ccccc2n1. The smallest absolute Gasteiger partial charge is 0.318 e. The number of amides is 6. The van der Waals surface area contributed by atoms with Gasteiger partial charge in [0.05, 0.1) is 47.6 Å². The Morgan fingerprint density at radius 1 is 0.522 bits per heavy atom. The van der Waals surface area contributed by atoms with Crippen molar-refractivity contribution >= 4 is 45.7 Å². The Balaban J connectivity index is 1.01. The molecule has 4 N–H and O–H groups in total. The van der Waals surface area contributed by atoms with E-state index >= 15 is 0 Å². The van der Waals surface area contributed by atoms with E-state index in [9.17, 15) is 19.2 Å². The van der Waals surface area contributed by atoms with Gasteiger partial charge in [0.25, 0.3) is 0 Å². The molecule has 4 aromatic carbocycles. The van der Waals surface area contributed by atoms with Crippen molar-refractivity contribution in [3.63, 3.8) is 0 Å². The third-order valence-electron chi connectivity index (χ3n) is 12.5. The Morgan fingerprint density at radius 3 is 1.31 bits per heavy atom. The largest absolute Gasteiger partial charge is 0.365 e. The lowest BCUT2D eigenvalue weighted by molar-refractivity contribution is -0.124. The van der Waals surface area contributed by atoms with Crippen LogP contribution in [0.4, 0.5) is 9.59 Å². The monoisotopic (exact) mass is 904 g/mol. The van der Waals surface area contributed by atoms with Gasteiger partial charge in [-0.15, -0.1) is 0 Å². The zero-order valence-electron chi connectivity index (χ0n) is 39.1. The number of hydrogen-bond acceptors (Lipinski definition) is 7. The van der Waals surface area contributed by atoms with Gasteiger partial charge in [-0.1, -0.05) is 123 Å². The van der Waals surface area contributed by atoms with Crippen molar-refractivity contribution in [3.8, 4) is 0 Å². The molecule has 67 heavy (non-hydrogen) atoms. The van der Waals surface area contributed by atoms with E-state index in [0.29, 0.717) is 25.7 Å². The van der Waals surface area contributed by atoms with E-state index in [1.807, 2.05) is 123 Å². The highest BCUT2D eigenvalue weighted by Crippen LogP contribution is 2.33. The maximum atomic E-state index is 14.1. The van der Waals surface area contributed by atoms with Crippen LogP contribution < -0.4 is 21.3 Å². The number of aryl methyl sites for hydroxylation is 2. The van der Waals surface area contributed by atoms with Gasteiger partial charge in [0.15, 0.2) is 0 Å². The van der Waals surface area contributed by atoms with E-state index in [1.54, 1.807) is 14.1 Å². The first kappa shape index (κ1) is 48.1. The molecule has 0 saturated carbocycles. The van der Waals surface area contributed by atoms with Gasteiger partial charge in [-0.3, -0.25) is 19.6 Å². The predicted molar refractivity (Wildman–Crippen MR) is 263 cm³/mol. The van der Waals surface area contributed by atoms with E-state index in [2.05, 4.69) is 45.5 Å². The fraction of sp³-hybridized carbons (Fsp3) is 0.370. The summed E-state index contributed by atoms with van der Waals surface area (Å²) in [6, 6.07) is 40.8. The third-order valence-corrected chi connectivity index (χ3v) is 12.5. The molecule has 6 amide bonds. The summed E-state index contributed by atoms with van der Waals surface area (Å²) in [6.45, 7) is 4.28. The number of epoxide rings is 1. The van der Waals surface area contributed by atoms with Gasteiger partial charge >= 0.3 is 12.1 Å². The van der Waals surface area contributed by atoms with E-state index in [0.717, 1.165) is 58.9 Å². The number of aromatic nitrogens is 2. The Kier molecular flexibility index (Phi) is 16.9. The molecule has 2 aromatic heterocycles. The van der Waals surface area contributed by atoms with Crippen LogP contribution in [0.2, 0.25) is 0 Å². The molecule has 1 fully saturated rings. The zero-order chi connectivity index (χ0) is 47.1. The minimum atomic E-state index is -0.793. The van der Waals surface area contributed by atoms with Crippen molar-refractivity contribution in [2.45, 2.75) is 115 Å². The number of carbonyl (C=O) groups excluding carboxylic acids is 4. The molecule has 6 atom stereocenters. The molecule has 1 saturated heterocycles. The van der Waals surface area contributed by atoms with Crippen LogP contribution in [0, 0.1) is 0 Å². The molecule has 350 valence electrons. The van der Waals surface area contributed by atoms with Crippen LogP contribution in [0.15, 0.2) is 133 Å². The molecule has 1 aliphatic rings. The van der Waals surface area contributed by atoms with Crippen LogP contribution in [-0.4, -0.2) is 94.1 Å². The van der Waals surface area contributed by atoms with Gasteiger partial charge in [0.1, 0.15) is 24.3 Å². The second-order valence-corrected chi connectivity index (χ2v) is 17.6. The molecular formula is C54H64N8O5.